The maximum absolute atomic E-state index is 12.4. The highest BCUT2D eigenvalue weighted by molar-refractivity contribution is 6.02. The largest absolute Gasteiger partial charge is 0.305 e. The quantitative estimate of drug-likeness (QED) is 0.940. The smallest absolute Gasteiger partial charge is 0.277 e. The highest BCUT2D eigenvalue weighted by atomic mass is 16.2. The molecular weight excluding hydrogens is 276 g/mol. The highest BCUT2D eigenvalue weighted by Crippen LogP contribution is 2.23. The van der Waals surface area contributed by atoms with Crippen LogP contribution in [0.25, 0.3) is 0 Å². The molecule has 0 bridgehead atoms. The van der Waals surface area contributed by atoms with Crippen LogP contribution < -0.4 is 5.32 Å². The molecule has 0 unspecified atom stereocenters. The van der Waals surface area contributed by atoms with Gasteiger partial charge in [-0.2, -0.15) is 5.10 Å². The Bertz CT molecular complexity index is 663. The molecule has 1 amide bonds. The first-order valence-corrected chi connectivity index (χ1v) is 7.53. The van der Waals surface area contributed by atoms with Gasteiger partial charge >= 0.3 is 0 Å². The number of carbonyl (C=O) groups excluding carboxylic acids is 1. The summed E-state index contributed by atoms with van der Waals surface area (Å²) in [6.45, 7) is 12.4. The molecule has 2 heterocycles. The molecule has 0 radical (unpaired) electrons. The number of carbonyl (C=O) groups is 1. The normalized spacial score (nSPS) is 11.8. The Kier molecular flexibility index (Phi) is 4.35. The standard InChI is InChI=1S/C17H24N4O/c1-11(2)14-9-13(20-21(14)17(4,5)6)16(22)19-15-8-7-12(3)10-18-15/h7-11H,1-6H3,(H,18,19,22). The van der Waals surface area contributed by atoms with Crippen LogP contribution >= 0.6 is 0 Å². The summed E-state index contributed by atoms with van der Waals surface area (Å²) < 4.78 is 1.93. The van der Waals surface area contributed by atoms with Crippen molar-refractivity contribution in [2.75, 3.05) is 5.32 Å². The number of amides is 1. The van der Waals surface area contributed by atoms with E-state index in [1.807, 2.05) is 23.7 Å². The summed E-state index contributed by atoms with van der Waals surface area (Å²) in [7, 11) is 0. The molecule has 0 saturated heterocycles. The topological polar surface area (TPSA) is 59.8 Å². The van der Waals surface area contributed by atoms with Crippen LogP contribution in [0.1, 0.15) is 62.3 Å². The van der Waals surface area contributed by atoms with Crippen molar-refractivity contribution in [1.82, 2.24) is 14.8 Å². The number of hydrogen-bond acceptors (Lipinski definition) is 3. The monoisotopic (exact) mass is 300 g/mol. The molecule has 1 N–H and O–H groups in total. The number of anilines is 1. The van der Waals surface area contributed by atoms with E-state index < -0.39 is 0 Å². The fraction of sp³-hybridized carbons (Fsp3) is 0.471. The predicted molar refractivity (Wildman–Crippen MR) is 88.2 cm³/mol. The first kappa shape index (κ1) is 16.2. The Morgan fingerprint density at radius 2 is 1.95 bits per heavy atom. The number of pyridine rings is 1. The Labute approximate surface area is 131 Å². The first-order chi connectivity index (χ1) is 10.2. The SMILES string of the molecule is Cc1ccc(NC(=O)c2cc(C(C)C)n(C(C)(C)C)n2)nc1. The van der Waals surface area contributed by atoms with Gasteiger partial charge in [0.15, 0.2) is 5.69 Å². The summed E-state index contributed by atoms with van der Waals surface area (Å²) >= 11 is 0. The lowest BCUT2D eigenvalue weighted by molar-refractivity contribution is 0.102. The molecule has 2 aromatic heterocycles. The summed E-state index contributed by atoms with van der Waals surface area (Å²) in [5.74, 6) is 0.596. The lowest BCUT2D eigenvalue weighted by Crippen LogP contribution is -2.26. The zero-order valence-corrected chi connectivity index (χ0v) is 14.1. The summed E-state index contributed by atoms with van der Waals surface area (Å²) in [6.07, 6.45) is 1.73. The van der Waals surface area contributed by atoms with E-state index in [4.69, 9.17) is 0 Å². The lowest BCUT2D eigenvalue weighted by atomic mass is 10.1. The van der Waals surface area contributed by atoms with Gasteiger partial charge in [-0.3, -0.25) is 9.48 Å². The van der Waals surface area contributed by atoms with Gasteiger partial charge in [-0.1, -0.05) is 19.9 Å². The fourth-order valence-electron chi connectivity index (χ4n) is 2.18. The van der Waals surface area contributed by atoms with Crippen LogP contribution in [0.5, 0.6) is 0 Å². The average Bonchev–Trinajstić information content (AvgIpc) is 2.86. The van der Waals surface area contributed by atoms with Gasteiger partial charge in [0, 0.05) is 11.9 Å². The molecule has 0 saturated carbocycles. The van der Waals surface area contributed by atoms with Crippen LogP contribution in [-0.4, -0.2) is 20.7 Å². The van der Waals surface area contributed by atoms with Gasteiger partial charge < -0.3 is 5.32 Å². The summed E-state index contributed by atoms with van der Waals surface area (Å²) in [4.78, 5) is 16.6. The average molecular weight is 300 g/mol. The maximum atomic E-state index is 12.4. The van der Waals surface area contributed by atoms with Crippen LogP contribution in [0.4, 0.5) is 5.82 Å². The minimum absolute atomic E-state index is 0.166. The van der Waals surface area contributed by atoms with Gasteiger partial charge in [0.25, 0.3) is 5.91 Å². The van der Waals surface area contributed by atoms with E-state index >= 15 is 0 Å². The third-order valence-electron chi connectivity index (χ3n) is 3.35. The first-order valence-electron chi connectivity index (χ1n) is 7.53. The Morgan fingerprint density at radius 1 is 1.27 bits per heavy atom. The van der Waals surface area contributed by atoms with E-state index in [0.717, 1.165) is 11.3 Å². The Morgan fingerprint density at radius 3 is 2.41 bits per heavy atom. The van der Waals surface area contributed by atoms with Gasteiger partial charge in [-0.15, -0.1) is 0 Å². The van der Waals surface area contributed by atoms with Crippen molar-refractivity contribution >= 4 is 11.7 Å². The van der Waals surface area contributed by atoms with Crippen LogP contribution in [-0.2, 0) is 5.54 Å². The molecule has 0 atom stereocenters. The summed E-state index contributed by atoms with van der Waals surface area (Å²) in [5, 5.41) is 7.28. The van der Waals surface area contributed by atoms with Crippen LogP contribution in [0.3, 0.4) is 0 Å². The van der Waals surface area contributed by atoms with E-state index in [-0.39, 0.29) is 11.4 Å². The molecule has 5 nitrogen and oxygen atoms in total. The fourth-order valence-corrected chi connectivity index (χ4v) is 2.18. The molecule has 2 rings (SSSR count). The molecule has 2 aromatic rings. The molecule has 0 aromatic carbocycles. The molecule has 0 spiro atoms. The van der Waals surface area contributed by atoms with Gasteiger partial charge in [-0.25, -0.2) is 4.98 Å². The van der Waals surface area contributed by atoms with Crippen molar-refractivity contribution in [3.8, 4) is 0 Å². The van der Waals surface area contributed by atoms with Crippen LogP contribution in [0.2, 0.25) is 0 Å². The molecule has 0 aliphatic carbocycles. The molecule has 5 heteroatoms. The van der Waals surface area contributed by atoms with E-state index in [1.54, 1.807) is 12.3 Å². The summed E-state index contributed by atoms with van der Waals surface area (Å²) in [6, 6.07) is 5.56. The van der Waals surface area contributed by atoms with Crippen molar-refractivity contribution in [3.05, 3.63) is 41.3 Å². The zero-order valence-electron chi connectivity index (χ0n) is 14.1. The van der Waals surface area contributed by atoms with Crippen molar-refractivity contribution in [2.24, 2.45) is 0 Å². The van der Waals surface area contributed by atoms with Crippen molar-refractivity contribution in [1.29, 1.82) is 0 Å². The number of aromatic nitrogens is 3. The molecule has 22 heavy (non-hydrogen) atoms. The molecule has 0 aliphatic heterocycles. The number of hydrogen-bond donors (Lipinski definition) is 1. The maximum Gasteiger partial charge on any atom is 0.277 e. The summed E-state index contributed by atoms with van der Waals surface area (Å²) in [5.41, 5.74) is 2.35. The van der Waals surface area contributed by atoms with Crippen molar-refractivity contribution in [3.63, 3.8) is 0 Å². The van der Waals surface area contributed by atoms with Crippen LogP contribution in [0, 0.1) is 6.92 Å². The van der Waals surface area contributed by atoms with Crippen molar-refractivity contribution in [2.45, 2.75) is 53.0 Å². The van der Waals surface area contributed by atoms with Gasteiger partial charge in [-0.05, 0) is 51.3 Å². The van der Waals surface area contributed by atoms with Crippen LogP contribution in [0.15, 0.2) is 24.4 Å². The van der Waals surface area contributed by atoms with Gasteiger partial charge in [0.05, 0.1) is 5.54 Å². The predicted octanol–water partition coefficient (Wildman–Crippen LogP) is 3.72. The minimum atomic E-state index is -0.235. The number of rotatable bonds is 3. The Balaban J connectivity index is 2.28. The number of aryl methyl sites for hydroxylation is 1. The van der Waals surface area contributed by atoms with Gasteiger partial charge in [0.1, 0.15) is 5.82 Å². The van der Waals surface area contributed by atoms with E-state index in [1.165, 1.54) is 0 Å². The van der Waals surface area contributed by atoms with E-state index in [2.05, 4.69) is 50.0 Å². The minimum Gasteiger partial charge on any atom is -0.305 e. The third kappa shape index (κ3) is 3.53. The van der Waals surface area contributed by atoms with Crippen molar-refractivity contribution < 1.29 is 4.79 Å². The molecule has 0 aliphatic rings. The van der Waals surface area contributed by atoms with Gasteiger partial charge in [0.2, 0.25) is 0 Å². The second-order valence-electron chi connectivity index (χ2n) is 6.87. The third-order valence-corrected chi connectivity index (χ3v) is 3.35. The second kappa shape index (κ2) is 5.91. The second-order valence-corrected chi connectivity index (χ2v) is 6.87. The Hall–Kier alpha value is -2.17. The highest BCUT2D eigenvalue weighted by Gasteiger charge is 2.23. The molecular formula is C17H24N4O. The zero-order chi connectivity index (χ0) is 16.5. The van der Waals surface area contributed by atoms with E-state index in [9.17, 15) is 4.79 Å². The lowest BCUT2D eigenvalue weighted by Gasteiger charge is -2.23. The van der Waals surface area contributed by atoms with E-state index in [0.29, 0.717) is 17.4 Å². The number of nitrogens with zero attached hydrogens (tertiary/aromatic N) is 3. The molecule has 118 valence electrons. The number of nitrogens with one attached hydrogen (secondary N) is 1. The molecule has 0 fully saturated rings.